The maximum Gasteiger partial charge on any atom is 0.244 e. The summed E-state index contributed by atoms with van der Waals surface area (Å²) in [6.45, 7) is 2.60. The Kier molecular flexibility index (Phi) is 6.15. The molecule has 4 rings (SSSR count). The van der Waals surface area contributed by atoms with Crippen molar-refractivity contribution in [1.29, 1.82) is 0 Å². The summed E-state index contributed by atoms with van der Waals surface area (Å²) >= 11 is 0. The summed E-state index contributed by atoms with van der Waals surface area (Å²) in [5, 5.41) is 10.4. The Bertz CT molecular complexity index is 1130. The SMILES string of the molecule is COc1nc(CCF)ccc1Cn1cc(CNc2nc(C)c3c(n2)N(C)CC(=O)N3)cn1. The van der Waals surface area contributed by atoms with E-state index in [-0.39, 0.29) is 18.9 Å². The van der Waals surface area contributed by atoms with Crippen molar-refractivity contribution in [3.8, 4) is 5.88 Å². The molecule has 0 saturated heterocycles. The standard InChI is InChI=1S/C21H25FN8O2/c1-13-18-19(29(2)12-17(31)27-18)28-21(25-13)23-8-14-9-24-30(10-14)11-15-4-5-16(6-7-22)26-20(15)32-3/h4-5,9-10H,6-8,11-12H2,1-3H3,(H,27,31)(H,23,25,28). The average Bonchev–Trinajstić information content (AvgIpc) is 3.21. The van der Waals surface area contributed by atoms with Crippen LogP contribution in [0.25, 0.3) is 0 Å². The average molecular weight is 440 g/mol. The Morgan fingerprint density at radius 1 is 1.28 bits per heavy atom. The zero-order chi connectivity index (χ0) is 22.7. The van der Waals surface area contributed by atoms with Crippen LogP contribution in [-0.4, -0.2) is 58.0 Å². The number of rotatable bonds is 8. The molecule has 0 fully saturated rings. The van der Waals surface area contributed by atoms with Gasteiger partial charge in [0.1, 0.15) is 5.69 Å². The van der Waals surface area contributed by atoms with Crippen LogP contribution in [0.4, 0.5) is 21.8 Å². The zero-order valence-corrected chi connectivity index (χ0v) is 18.2. The molecule has 1 aliphatic rings. The van der Waals surface area contributed by atoms with Gasteiger partial charge in [-0.3, -0.25) is 13.9 Å². The Hall–Kier alpha value is -3.76. The molecular weight excluding hydrogens is 415 g/mol. The lowest BCUT2D eigenvalue weighted by atomic mass is 10.2. The number of aromatic nitrogens is 5. The van der Waals surface area contributed by atoms with Crippen molar-refractivity contribution in [1.82, 2.24) is 24.7 Å². The molecule has 4 heterocycles. The second kappa shape index (κ2) is 9.16. The van der Waals surface area contributed by atoms with Gasteiger partial charge in [0.15, 0.2) is 5.82 Å². The Balaban J connectivity index is 1.43. The van der Waals surface area contributed by atoms with E-state index in [9.17, 15) is 9.18 Å². The van der Waals surface area contributed by atoms with Crippen LogP contribution in [0.15, 0.2) is 24.5 Å². The van der Waals surface area contributed by atoms with Gasteiger partial charge < -0.3 is 20.3 Å². The monoisotopic (exact) mass is 440 g/mol. The fraction of sp³-hybridized carbons (Fsp3) is 0.381. The van der Waals surface area contributed by atoms with Crippen molar-refractivity contribution in [2.75, 3.05) is 42.9 Å². The topological polar surface area (TPSA) is 110 Å². The Morgan fingerprint density at radius 2 is 2.12 bits per heavy atom. The molecule has 0 saturated carbocycles. The van der Waals surface area contributed by atoms with Gasteiger partial charge in [0.2, 0.25) is 17.7 Å². The number of nitrogens with zero attached hydrogens (tertiary/aromatic N) is 6. The normalized spacial score (nSPS) is 13.0. The summed E-state index contributed by atoms with van der Waals surface area (Å²) in [5.74, 6) is 1.56. The molecule has 3 aromatic heterocycles. The smallest absolute Gasteiger partial charge is 0.244 e. The van der Waals surface area contributed by atoms with Gasteiger partial charge in [0.05, 0.1) is 38.8 Å². The molecule has 0 aromatic carbocycles. The zero-order valence-electron chi connectivity index (χ0n) is 18.2. The summed E-state index contributed by atoms with van der Waals surface area (Å²) in [5.41, 5.74) is 3.80. The van der Waals surface area contributed by atoms with E-state index in [1.165, 1.54) is 0 Å². The molecule has 1 amide bonds. The lowest BCUT2D eigenvalue weighted by Gasteiger charge is -2.27. The molecular formula is C21H25FN8O2. The van der Waals surface area contributed by atoms with Crippen molar-refractivity contribution < 1.29 is 13.9 Å². The molecule has 0 bridgehead atoms. The molecule has 11 heteroatoms. The van der Waals surface area contributed by atoms with Gasteiger partial charge in [0.25, 0.3) is 0 Å². The number of aryl methyl sites for hydroxylation is 2. The molecule has 168 valence electrons. The van der Waals surface area contributed by atoms with Crippen molar-refractivity contribution >= 4 is 23.4 Å². The first-order chi connectivity index (χ1) is 15.5. The largest absolute Gasteiger partial charge is 0.481 e. The third-order valence-electron chi connectivity index (χ3n) is 5.09. The number of methoxy groups -OCH3 is 1. The highest BCUT2D eigenvalue weighted by molar-refractivity contribution is 6.00. The first kappa shape index (κ1) is 21.5. The van der Waals surface area contributed by atoms with Crippen LogP contribution in [0.1, 0.15) is 22.5 Å². The van der Waals surface area contributed by atoms with E-state index in [0.29, 0.717) is 47.8 Å². The maximum absolute atomic E-state index is 12.6. The molecule has 0 aliphatic carbocycles. The van der Waals surface area contributed by atoms with E-state index in [1.54, 1.807) is 29.0 Å². The first-order valence-electron chi connectivity index (χ1n) is 10.2. The van der Waals surface area contributed by atoms with Crippen LogP contribution in [0.5, 0.6) is 5.88 Å². The lowest BCUT2D eigenvalue weighted by molar-refractivity contribution is -0.115. The van der Waals surface area contributed by atoms with Crippen molar-refractivity contribution in [3.05, 3.63) is 47.0 Å². The lowest BCUT2D eigenvalue weighted by Crippen LogP contribution is -2.36. The van der Waals surface area contributed by atoms with Crippen LogP contribution in [0.3, 0.4) is 0 Å². The van der Waals surface area contributed by atoms with Crippen LogP contribution < -0.4 is 20.3 Å². The number of amides is 1. The molecule has 0 spiro atoms. The van der Waals surface area contributed by atoms with Crippen molar-refractivity contribution in [2.45, 2.75) is 26.4 Å². The third-order valence-corrected chi connectivity index (χ3v) is 5.09. The number of carbonyl (C=O) groups is 1. The number of nitrogens with one attached hydrogen (secondary N) is 2. The van der Waals surface area contributed by atoms with Gasteiger partial charge in [-0.2, -0.15) is 10.1 Å². The third kappa shape index (κ3) is 4.61. The summed E-state index contributed by atoms with van der Waals surface area (Å²) in [6.07, 6.45) is 3.95. The molecule has 10 nitrogen and oxygen atoms in total. The van der Waals surface area contributed by atoms with Crippen molar-refractivity contribution in [3.63, 3.8) is 0 Å². The minimum Gasteiger partial charge on any atom is -0.481 e. The highest BCUT2D eigenvalue weighted by atomic mass is 19.1. The van der Waals surface area contributed by atoms with E-state index < -0.39 is 6.67 Å². The highest BCUT2D eigenvalue weighted by Crippen LogP contribution is 2.29. The van der Waals surface area contributed by atoms with Crippen LogP contribution in [-0.2, 0) is 24.3 Å². The predicted molar refractivity (Wildman–Crippen MR) is 118 cm³/mol. The van der Waals surface area contributed by atoms with E-state index in [1.807, 2.05) is 26.2 Å². The molecule has 32 heavy (non-hydrogen) atoms. The van der Waals surface area contributed by atoms with E-state index in [4.69, 9.17) is 4.74 Å². The maximum atomic E-state index is 12.6. The number of fused-ring (bicyclic) bond motifs is 1. The fourth-order valence-electron chi connectivity index (χ4n) is 3.51. The van der Waals surface area contributed by atoms with Crippen LogP contribution in [0.2, 0.25) is 0 Å². The number of likely N-dealkylation sites (N-methyl/N-ethyl adjacent to an activating group) is 1. The number of hydrogen-bond acceptors (Lipinski definition) is 8. The van der Waals surface area contributed by atoms with Gasteiger partial charge in [-0.05, 0) is 19.1 Å². The highest BCUT2D eigenvalue weighted by Gasteiger charge is 2.23. The van der Waals surface area contributed by atoms with E-state index >= 15 is 0 Å². The van der Waals surface area contributed by atoms with Crippen molar-refractivity contribution in [2.24, 2.45) is 0 Å². The molecule has 0 unspecified atom stereocenters. The van der Waals surface area contributed by atoms with Gasteiger partial charge in [0, 0.05) is 43.0 Å². The number of ether oxygens (including phenoxy) is 1. The Morgan fingerprint density at radius 3 is 2.91 bits per heavy atom. The number of hydrogen-bond donors (Lipinski definition) is 2. The molecule has 1 aliphatic heterocycles. The van der Waals surface area contributed by atoms with Crippen LogP contribution >= 0.6 is 0 Å². The predicted octanol–water partition coefficient (Wildman–Crippen LogP) is 1.95. The fourth-order valence-corrected chi connectivity index (χ4v) is 3.51. The Labute approximate surface area is 184 Å². The second-order valence-electron chi connectivity index (χ2n) is 7.55. The summed E-state index contributed by atoms with van der Waals surface area (Å²) in [4.78, 5) is 26.9. The summed E-state index contributed by atoms with van der Waals surface area (Å²) in [6, 6.07) is 3.69. The molecule has 2 N–H and O–H groups in total. The summed E-state index contributed by atoms with van der Waals surface area (Å²) in [7, 11) is 3.37. The van der Waals surface area contributed by atoms with E-state index in [2.05, 4.69) is 30.7 Å². The number of alkyl halides is 1. The van der Waals surface area contributed by atoms with Gasteiger partial charge in [-0.15, -0.1) is 0 Å². The molecule has 3 aromatic rings. The minimum atomic E-state index is -0.455. The van der Waals surface area contributed by atoms with Gasteiger partial charge >= 0.3 is 0 Å². The van der Waals surface area contributed by atoms with Crippen LogP contribution in [0, 0.1) is 6.92 Å². The molecule has 0 atom stereocenters. The van der Waals surface area contributed by atoms with Gasteiger partial charge in [-0.25, -0.2) is 9.97 Å². The van der Waals surface area contributed by atoms with Gasteiger partial charge in [-0.1, -0.05) is 0 Å². The quantitative estimate of drug-likeness (QED) is 0.547. The number of halogens is 1. The number of anilines is 3. The van der Waals surface area contributed by atoms with E-state index in [0.717, 1.165) is 11.1 Å². The first-order valence-corrected chi connectivity index (χ1v) is 10.2. The minimum absolute atomic E-state index is 0.0799. The molecule has 0 radical (unpaired) electrons. The summed E-state index contributed by atoms with van der Waals surface area (Å²) < 4.78 is 19.7. The second-order valence-corrected chi connectivity index (χ2v) is 7.55. The number of carbonyl (C=O) groups excluding carboxylic acids is 1. The number of pyridine rings is 1.